The molecule has 2 rings (SSSR count). The van der Waals surface area contributed by atoms with Crippen molar-refractivity contribution in [2.75, 3.05) is 13.2 Å². The van der Waals surface area contributed by atoms with Gasteiger partial charge in [0.25, 0.3) is 0 Å². The van der Waals surface area contributed by atoms with E-state index in [4.69, 9.17) is 4.74 Å². The van der Waals surface area contributed by atoms with Crippen LogP contribution in [-0.2, 0) is 4.74 Å². The molecule has 0 aliphatic carbocycles. The van der Waals surface area contributed by atoms with Crippen molar-refractivity contribution in [3.63, 3.8) is 0 Å². The van der Waals surface area contributed by atoms with Crippen molar-refractivity contribution in [3.8, 4) is 0 Å². The molecule has 0 spiro atoms. The minimum absolute atomic E-state index is 0.617. The van der Waals surface area contributed by atoms with Gasteiger partial charge in [0.15, 0.2) is 0 Å². The molecule has 2 aromatic carbocycles. The first-order chi connectivity index (χ1) is 8.38. The molecule has 0 aromatic heterocycles. The van der Waals surface area contributed by atoms with Gasteiger partial charge in [0.05, 0.1) is 13.2 Å². The van der Waals surface area contributed by atoms with Gasteiger partial charge in [0, 0.05) is 0 Å². The molecule has 0 unspecified atom stereocenters. The summed E-state index contributed by atoms with van der Waals surface area (Å²) in [6, 6.07) is 16.7. The number of hydrogen-bond acceptors (Lipinski definition) is 1. The summed E-state index contributed by atoms with van der Waals surface area (Å²) in [6.45, 7) is 8.18. The fourth-order valence-electron chi connectivity index (χ4n) is 1.37. The van der Waals surface area contributed by atoms with Gasteiger partial charge in [-0.05, 0) is 10.8 Å². The molecule has 2 aromatic rings. The average molecular weight is 226 g/mol. The summed E-state index contributed by atoms with van der Waals surface area (Å²) in [4.78, 5) is 0. The van der Waals surface area contributed by atoms with Gasteiger partial charge in [-0.1, -0.05) is 60.7 Å². The van der Waals surface area contributed by atoms with E-state index >= 15 is 0 Å². The highest BCUT2D eigenvalue weighted by molar-refractivity contribution is 5.81. The molecule has 17 heavy (non-hydrogen) atoms. The molecule has 0 amide bonds. The largest absolute Gasteiger partial charge is 0.373 e. The highest BCUT2D eigenvalue weighted by atomic mass is 16.5. The highest BCUT2D eigenvalue weighted by Crippen LogP contribution is 2.11. The smallest absolute Gasteiger partial charge is 0.0649 e. The second-order valence-electron chi connectivity index (χ2n) is 3.46. The molecular formula is C16H18O. The van der Waals surface area contributed by atoms with Gasteiger partial charge in [0.1, 0.15) is 0 Å². The van der Waals surface area contributed by atoms with Gasteiger partial charge in [-0.2, -0.15) is 0 Å². The molecule has 0 saturated heterocycles. The summed E-state index contributed by atoms with van der Waals surface area (Å²) in [5, 5.41) is 2.62. The van der Waals surface area contributed by atoms with E-state index in [1.54, 1.807) is 12.2 Å². The Balaban J connectivity index is 0.000000185. The number of rotatable bonds is 4. The van der Waals surface area contributed by atoms with Crippen molar-refractivity contribution in [2.24, 2.45) is 0 Å². The molecule has 0 heterocycles. The Hall–Kier alpha value is -1.86. The lowest BCUT2D eigenvalue weighted by Gasteiger charge is -1.92. The third-order valence-electron chi connectivity index (χ3n) is 2.13. The third kappa shape index (κ3) is 5.14. The van der Waals surface area contributed by atoms with Gasteiger partial charge in [-0.3, -0.25) is 0 Å². The second-order valence-corrected chi connectivity index (χ2v) is 3.46. The van der Waals surface area contributed by atoms with E-state index < -0.39 is 0 Å². The lowest BCUT2D eigenvalue weighted by Crippen LogP contribution is -1.87. The Morgan fingerprint density at radius 3 is 1.41 bits per heavy atom. The van der Waals surface area contributed by atoms with Crippen molar-refractivity contribution >= 4 is 10.8 Å². The summed E-state index contributed by atoms with van der Waals surface area (Å²) in [7, 11) is 0. The molecule has 0 bridgehead atoms. The fraction of sp³-hybridized carbons (Fsp3) is 0.125. The minimum atomic E-state index is 0.617. The van der Waals surface area contributed by atoms with E-state index in [2.05, 4.69) is 61.7 Å². The van der Waals surface area contributed by atoms with Crippen LogP contribution < -0.4 is 0 Å². The van der Waals surface area contributed by atoms with Gasteiger partial charge < -0.3 is 4.74 Å². The number of ether oxygens (including phenoxy) is 1. The van der Waals surface area contributed by atoms with E-state index in [0.29, 0.717) is 13.2 Å². The van der Waals surface area contributed by atoms with Crippen LogP contribution in [0.3, 0.4) is 0 Å². The average Bonchev–Trinajstić information content (AvgIpc) is 2.40. The van der Waals surface area contributed by atoms with Crippen LogP contribution in [0, 0.1) is 0 Å². The molecule has 0 aliphatic rings. The van der Waals surface area contributed by atoms with Crippen LogP contribution >= 0.6 is 0 Å². The molecule has 0 saturated carbocycles. The molecule has 0 aliphatic heterocycles. The number of fused-ring (bicyclic) bond motifs is 1. The van der Waals surface area contributed by atoms with E-state index in [1.807, 2.05) is 0 Å². The van der Waals surface area contributed by atoms with Crippen molar-refractivity contribution < 1.29 is 4.74 Å². The summed E-state index contributed by atoms with van der Waals surface area (Å²) < 4.78 is 4.90. The Morgan fingerprint density at radius 1 is 0.765 bits per heavy atom. The maximum Gasteiger partial charge on any atom is 0.0649 e. The Morgan fingerprint density at radius 2 is 1.12 bits per heavy atom. The highest BCUT2D eigenvalue weighted by Gasteiger charge is 1.85. The van der Waals surface area contributed by atoms with E-state index in [0.717, 1.165) is 0 Å². The summed E-state index contributed by atoms with van der Waals surface area (Å²) in [5.41, 5.74) is 0. The number of hydrogen-bond donors (Lipinski definition) is 0. The Kier molecular flexibility index (Phi) is 6.46. The molecule has 0 atom stereocenters. The van der Waals surface area contributed by atoms with Gasteiger partial charge >= 0.3 is 0 Å². The van der Waals surface area contributed by atoms with E-state index in [-0.39, 0.29) is 0 Å². The first-order valence-electron chi connectivity index (χ1n) is 5.62. The van der Waals surface area contributed by atoms with Crippen LogP contribution in [0.15, 0.2) is 73.8 Å². The zero-order valence-corrected chi connectivity index (χ0v) is 10.0. The molecular weight excluding hydrogens is 208 g/mol. The molecule has 88 valence electrons. The van der Waals surface area contributed by atoms with Gasteiger partial charge in [-0.15, -0.1) is 13.2 Å². The van der Waals surface area contributed by atoms with Crippen molar-refractivity contribution in [2.45, 2.75) is 0 Å². The fourth-order valence-corrected chi connectivity index (χ4v) is 1.37. The van der Waals surface area contributed by atoms with Crippen molar-refractivity contribution in [1.29, 1.82) is 0 Å². The predicted molar refractivity (Wildman–Crippen MR) is 75.2 cm³/mol. The predicted octanol–water partition coefficient (Wildman–Crippen LogP) is 4.21. The van der Waals surface area contributed by atoms with Gasteiger partial charge in [-0.25, -0.2) is 0 Å². The Labute approximate surface area is 103 Å². The quantitative estimate of drug-likeness (QED) is 0.560. The van der Waals surface area contributed by atoms with Crippen LogP contribution in [0.5, 0.6) is 0 Å². The first-order valence-corrected chi connectivity index (χ1v) is 5.62. The van der Waals surface area contributed by atoms with Crippen molar-refractivity contribution in [3.05, 3.63) is 73.8 Å². The standard InChI is InChI=1S/C10H8.C6H10O/c1-2-6-10-8-4-3-7-9(10)5-1;1-3-5-7-6-4-2/h1-8H;3-4H,1-2,5-6H2. The zero-order valence-electron chi connectivity index (χ0n) is 10.0. The summed E-state index contributed by atoms with van der Waals surface area (Å²) >= 11 is 0. The second kappa shape index (κ2) is 8.31. The third-order valence-corrected chi connectivity index (χ3v) is 2.13. The molecule has 0 fully saturated rings. The maximum absolute atomic E-state index is 4.90. The van der Waals surface area contributed by atoms with Crippen LogP contribution in [0.25, 0.3) is 10.8 Å². The van der Waals surface area contributed by atoms with Crippen LogP contribution in [0.4, 0.5) is 0 Å². The molecule has 0 N–H and O–H groups in total. The number of benzene rings is 2. The lowest BCUT2D eigenvalue weighted by molar-refractivity contribution is 0.194. The topological polar surface area (TPSA) is 9.23 Å². The van der Waals surface area contributed by atoms with Crippen LogP contribution in [0.1, 0.15) is 0 Å². The lowest BCUT2D eigenvalue weighted by atomic mass is 10.1. The minimum Gasteiger partial charge on any atom is -0.373 e. The normalized spacial score (nSPS) is 9.18. The monoisotopic (exact) mass is 226 g/mol. The van der Waals surface area contributed by atoms with Crippen LogP contribution in [0.2, 0.25) is 0 Å². The molecule has 1 heteroatoms. The SMILES string of the molecule is C=CCOCC=C.c1ccc2ccccc2c1. The van der Waals surface area contributed by atoms with Crippen molar-refractivity contribution in [1.82, 2.24) is 0 Å². The van der Waals surface area contributed by atoms with E-state index in [9.17, 15) is 0 Å². The molecule has 1 nitrogen and oxygen atoms in total. The molecule has 0 radical (unpaired) electrons. The maximum atomic E-state index is 4.90. The van der Waals surface area contributed by atoms with E-state index in [1.165, 1.54) is 10.8 Å². The first kappa shape index (κ1) is 13.2. The Bertz CT molecular complexity index is 386. The summed E-state index contributed by atoms with van der Waals surface area (Å²) in [5.74, 6) is 0. The van der Waals surface area contributed by atoms with Crippen LogP contribution in [-0.4, -0.2) is 13.2 Å². The van der Waals surface area contributed by atoms with Gasteiger partial charge in [0.2, 0.25) is 0 Å². The summed E-state index contributed by atoms with van der Waals surface area (Å²) in [6.07, 6.45) is 3.42. The zero-order chi connectivity index (χ0) is 12.3.